The highest BCUT2D eigenvalue weighted by Crippen LogP contribution is 2.33. The summed E-state index contributed by atoms with van der Waals surface area (Å²) in [4.78, 5) is 9.62. The second-order valence-electron chi connectivity index (χ2n) is 7.46. The molecule has 3 aromatic heterocycles. The summed E-state index contributed by atoms with van der Waals surface area (Å²) in [7, 11) is -1.98. The third-order valence-electron chi connectivity index (χ3n) is 5.40. The molecule has 0 bridgehead atoms. The van der Waals surface area contributed by atoms with Gasteiger partial charge in [0.15, 0.2) is 5.65 Å². The second kappa shape index (κ2) is 7.21. The van der Waals surface area contributed by atoms with Crippen LogP contribution in [0.2, 0.25) is 0 Å². The maximum absolute atomic E-state index is 13.3. The number of hydrogen-bond donors (Lipinski definition) is 0. The van der Waals surface area contributed by atoms with Crippen molar-refractivity contribution in [3.8, 4) is 11.1 Å². The molecule has 8 heteroatoms. The number of rotatable bonds is 4. The Morgan fingerprint density at radius 3 is 2.57 bits per heavy atom. The molecule has 152 valence electrons. The Bertz CT molecular complexity index is 1370. The first kappa shape index (κ1) is 18.7. The fourth-order valence-corrected chi connectivity index (χ4v) is 5.18. The van der Waals surface area contributed by atoms with Gasteiger partial charge in [0.1, 0.15) is 5.52 Å². The van der Waals surface area contributed by atoms with Crippen LogP contribution >= 0.6 is 0 Å². The molecule has 1 aromatic carbocycles. The number of fused-ring (bicyclic) bond motifs is 1. The van der Waals surface area contributed by atoms with Crippen molar-refractivity contribution in [3.63, 3.8) is 0 Å². The molecule has 1 aliphatic rings. The van der Waals surface area contributed by atoms with Gasteiger partial charge in [0.2, 0.25) is 0 Å². The largest absolute Gasteiger partial charge is 0.275 e. The zero-order chi connectivity index (χ0) is 20.7. The first-order valence-corrected chi connectivity index (χ1v) is 11.4. The van der Waals surface area contributed by atoms with E-state index >= 15 is 0 Å². The third kappa shape index (κ3) is 3.13. The van der Waals surface area contributed by atoms with Crippen LogP contribution in [0.15, 0.2) is 66.1 Å². The Labute approximate surface area is 174 Å². The van der Waals surface area contributed by atoms with Gasteiger partial charge in [0, 0.05) is 30.6 Å². The summed E-state index contributed by atoms with van der Waals surface area (Å²) in [5, 5.41) is 4.24. The monoisotopic (exact) mass is 419 g/mol. The van der Waals surface area contributed by atoms with E-state index in [-0.39, 0.29) is 4.90 Å². The molecule has 5 rings (SSSR count). The maximum Gasteiger partial charge on any atom is 0.269 e. The highest BCUT2D eigenvalue weighted by molar-refractivity contribution is 7.90. The molecule has 0 amide bonds. The van der Waals surface area contributed by atoms with Gasteiger partial charge in [0.25, 0.3) is 10.0 Å². The fraction of sp³-hybridized carbons (Fsp3) is 0.227. The number of hydrogen-bond acceptors (Lipinski definition) is 5. The lowest BCUT2D eigenvalue weighted by atomic mass is 9.97. The minimum atomic E-state index is -3.81. The summed E-state index contributed by atoms with van der Waals surface area (Å²) in [5.74, 6) is 0. The van der Waals surface area contributed by atoms with Gasteiger partial charge < -0.3 is 0 Å². The van der Waals surface area contributed by atoms with Crippen LogP contribution in [0.1, 0.15) is 31.4 Å². The number of allylic oxidation sites excluding steroid dienone is 2. The smallest absolute Gasteiger partial charge is 0.269 e. The van der Waals surface area contributed by atoms with Crippen molar-refractivity contribution in [2.24, 2.45) is 7.05 Å². The highest BCUT2D eigenvalue weighted by Gasteiger charge is 2.24. The van der Waals surface area contributed by atoms with Gasteiger partial charge >= 0.3 is 0 Å². The van der Waals surface area contributed by atoms with Crippen molar-refractivity contribution in [2.45, 2.75) is 30.6 Å². The van der Waals surface area contributed by atoms with Crippen molar-refractivity contribution in [2.75, 3.05) is 0 Å². The summed E-state index contributed by atoms with van der Waals surface area (Å²) in [6, 6.07) is 8.37. The van der Waals surface area contributed by atoms with Crippen molar-refractivity contribution in [1.82, 2.24) is 23.7 Å². The predicted molar refractivity (Wildman–Crippen MR) is 115 cm³/mol. The lowest BCUT2D eigenvalue weighted by Gasteiger charge is -2.12. The van der Waals surface area contributed by atoms with E-state index in [0.29, 0.717) is 16.7 Å². The van der Waals surface area contributed by atoms with E-state index in [9.17, 15) is 8.42 Å². The maximum atomic E-state index is 13.3. The predicted octanol–water partition coefficient (Wildman–Crippen LogP) is 4.03. The molecule has 0 unspecified atom stereocenters. The molecule has 0 fully saturated rings. The molecule has 0 N–H and O–H groups in total. The normalized spacial score (nSPS) is 14.8. The van der Waals surface area contributed by atoms with Crippen LogP contribution in [0.3, 0.4) is 0 Å². The average Bonchev–Trinajstić information content (AvgIpc) is 3.38. The van der Waals surface area contributed by atoms with Gasteiger partial charge in [-0.2, -0.15) is 5.10 Å². The fourth-order valence-electron chi connectivity index (χ4n) is 3.85. The van der Waals surface area contributed by atoms with Gasteiger partial charge in [-0.25, -0.2) is 22.4 Å². The minimum absolute atomic E-state index is 0.209. The second-order valence-corrected chi connectivity index (χ2v) is 9.28. The summed E-state index contributed by atoms with van der Waals surface area (Å²) in [5.41, 5.74) is 4.36. The molecule has 30 heavy (non-hydrogen) atoms. The summed E-state index contributed by atoms with van der Waals surface area (Å²) in [6.07, 6.45) is 13.4. The molecule has 0 aliphatic heterocycles. The molecule has 0 saturated heterocycles. The highest BCUT2D eigenvalue weighted by atomic mass is 32.2. The summed E-state index contributed by atoms with van der Waals surface area (Å²) >= 11 is 0. The number of aromatic nitrogens is 5. The first-order valence-electron chi connectivity index (χ1n) is 9.91. The molecule has 0 saturated carbocycles. The Balaban J connectivity index is 1.75. The average molecular weight is 420 g/mol. The minimum Gasteiger partial charge on any atom is -0.275 e. The Morgan fingerprint density at radius 1 is 1.03 bits per heavy atom. The molecule has 1 aliphatic carbocycles. The quantitative estimate of drug-likeness (QED) is 0.499. The van der Waals surface area contributed by atoms with E-state index in [1.807, 2.05) is 13.2 Å². The van der Waals surface area contributed by atoms with E-state index in [4.69, 9.17) is 4.98 Å². The zero-order valence-electron chi connectivity index (χ0n) is 16.6. The van der Waals surface area contributed by atoms with Crippen LogP contribution in [0.5, 0.6) is 0 Å². The van der Waals surface area contributed by atoms with Gasteiger partial charge in [-0.05, 0) is 43.4 Å². The SMILES string of the molecule is Cn1cc(-c2cn(S(=O)(=O)c3ccccc3)c3ncc(C4=CCCCC4)nc23)cn1. The number of aryl methyl sites for hydroxylation is 1. The van der Waals surface area contributed by atoms with E-state index < -0.39 is 10.0 Å². The van der Waals surface area contributed by atoms with Crippen molar-refractivity contribution >= 4 is 26.8 Å². The standard InChI is InChI=1S/C22H21N5O2S/c1-26-14-17(12-24-26)19-15-27(30(28,29)18-10-6-3-7-11-18)22-21(19)25-20(13-23-22)16-8-4-2-5-9-16/h3,6-8,10-15H,2,4-5,9H2,1H3. The molecule has 0 radical (unpaired) electrons. The van der Waals surface area contributed by atoms with Crippen LogP contribution in [0.4, 0.5) is 0 Å². The van der Waals surface area contributed by atoms with Gasteiger partial charge in [-0.3, -0.25) is 4.68 Å². The van der Waals surface area contributed by atoms with Crippen molar-refractivity contribution < 1.29 is 8.42 Å². The molecular weight excluding hydrogens is 398 g/mol. The zero-order valence-corrected chi connectivity index (χ0v) is 17.4. The van der Waals surface area contributed by atoms with E-state index in [1.54, 1.807) is 53.6 Å². The van der Waals surface area contributed by atoms with E-state index in [2.05, 4.69) is 16.2 Å². The van der Waals surface area contributed by atoms with Crippen LogP contribution in [0, 0.1) is 0 Å². The molecule has 4 aromatic rings. The van der Waals surface area contributed by atoms with Crippen LogP contribution < -0.4 is 0 Å². The number of nitrogens with zero attached hydrogens (tertiary/aromatic N) is 5. The Morgan fingerprint density at radius 2 is 1.87 bits per heavy atom. The summed E-state index contributed by atoms with van der Waals surface area (Å²) in [6.45, 7) is 0. The molecular formula is C22H21N5O2S. The van der Waals surface area contributed by atoms with Crippen LogP contribution in [-0.4, -0.2) is 32.1 Å². The van der Waals surface area contributed by atoms with E-state index in [1.165, 1.54) is 16.0 Å². The lowest BCUT2D eigenvalue weighted by Crippen LogP contribution is -2.12. The van der Waals surface area contributed by atoms with Crippen molar-refractivity contribution in [3.05, 3.63) is 66.9 Å². The van der Waals surface area contributed by atoms with Crippen molar-refractivity contribution in [1.29, 1.82) is 0 Å². The lowest BCUT2D eigenvalue weighted by molar-refractivity contribution is 0.589. The molecule has 0 atom stereocenters. The topological polar surface area (TPSA) is 82.7 Å². The van der Waals surface area contributed by atoms with Crippen LogP contribution in [0.25, 0.3) is 27.9 Å². The van der Waals surface area contributed by atoms with Gasteiger partial charge in [-0.15, -0.1) is 0 Å². The van der Waals surface area contributed by atoms with E-state index in [0.717, 1.165) is 30.5 Å². The molecule has 7 nitrogen and oxygen atoms in total. The molecule has 3 heterocycles. The Kier molecular flexibility index (Phi) is 4.51. The third-order valence-corrected chi connectivity index (χ3v) is 7.06. The molecule has 0 spiro atoms. The van der Waals surface area contributed by atoms with Gasteiger partial charge in [-0.1, -0.05) is 24.3 Å². The number of benzene rings is 1. The van der Waals surface area contributed by atoms with Crippen LogP contribution in [-0.2, 0) is 17.1 Å². The van der Waals surface area contributed by atoms with Gasteiger partial charge in [0.05, 0.1) is 23.0 Å². The summed E-state index contributed by atoms with van der Waals surface area (Å²) < 4.78 is 29.6. The Hall–Kier alpha value is -3.26. The first-order chi connectivity index (χ1) is 14.5.